The van der Waals surface area contributed by atoms with E-state index in [-0.39, 0.29) is 0 Å². The Hall–Kier alpha value is -1.61. The quantitative estimate of drug-likeness (QED) is 0.830. The van der Waals surface area contributed by atoms with E-state index in [0.29, 0.717) is 0 Å². The predicted octanol–water partition coefficient (Wildman–Crippen LogP) is 2.26. The van der Waals surface area contributed by atoms with Crippen molar-refractivity contribution >= 4 is 16.6 Å². The van der Waals surface area contributed by atoms with Crippen LogP contribution in [0.2, 0.25) is 0 Å². The van der Waals surface area contributed by atoms with Crippen molar-refractivity contribution in [2.24, 2.45) is 0 Å². The minimum Gasteiger partial charge on any atom is -0.368 e. The van der Waals surface area contributed by atoms with Crippen LogP contribution in [-0.2, 0) is 0 Å². The maximum Gasteiger partial charge on any atom is 0.0752 e. The van der Waals surface area contributed by atoms with Crippen LogP contribution in [0.3, 0.4) is 0 Å². The zero-order valence-corrected chi connectivity index (χ0v) is 11.0. The van der Waals surface area contributed by atoms with Gasteiger partial charge in [0.05, 0.1) is 5.52 Å². The molecule has 3 heteroatoms. The number of pyridine rings is 1. The van der Waals surface area contributed by atoms with Crippen LogP contribution >= 0.6 is 0 Å². The molecule has 1 aliphatic rings. The summed E-state index contributed by atoms with van der Waals surface area (Å²) in [6.07, 6.45) is 1.93. The molecule has 1 aliphatic heterocycles. The van der Waals surface area contributed by atoms with Crippen molar-refractivity contribution in [1.29, 1.82) is 0 Å². The van der Waals surface area contributed by atoms with Crippen molar-refractivity contribution in [1.82, 2.24) is 10.3 Å². The summed E-state index contributed by atoms with van der Waals surface area (Å²) in [5.41, 5.74) is 5.04. The molecule has 1 aromatic carbocycles. The molecular formula is C15H19N3. The molecule has 0 aliphatic carbocycles. The van der Waals surface area contributed by atoms with Crippen molar-refractivity contribution in [2.75, 3.05) is 31.1 Å². The van der Waals surface area contributed by atoms with E-state index in [2.05, 4.69) is 47.2 Å². The molecule has 0 radical (unpaired) electrons. The molecule has 0 spiro atoms. The molecule has 3 rings (SSSR count). The van der Waals surface area contributed by atoms with Gasteiger partial charge in [0.25, 0.3) is 0 Å². The van der Waals surface area contributed by atoms with Crippen LogP contribution in [0.4, 0.5) is 5.69 Å². The number of hydrogen-bond acceptors (Lipinski definition) is 3. The molecule has 3 nitrogen and oxygen atoms in total. The molecule has 1 fully saturated rings. The van der Waals surface area contributed by atoms with E-state index < -0.39 is 0 Å². The number of fused-ring (bicyclic) bond motifs is 1. The molecule has 2 heterocycles. The Morgan fingerprint density at radius 3 is 2.72 bits per heavy atom. The molecule has 0 saturated carbocycles. The molecule has 1 N–H and O–H groups in total. The fourth-order valence-electron chi connectivity index (χ4n) is 2.78. The van der Waals surface area contributed by atoms with Gasteiger partial charge in [-0.15, -0.1) is 0 Å². The van der Waals surface area contributed by atoms with E-state index in [0.717, 1.165) is 31.7 Å². The van der Waals surface area contributed by atoms with E-state index in [9.17, 15) is 0 Å². The number of piperazine rings is 1. The summed E-state index contributed by atoms with van der Waals surface area (Å²) in [6, 6.07) is 6.61. The fourth-order valence-corrected chi connectivity index (χ4v) is 2.78. The summed E-state index contributed by atoms with van der Waals surface area (Å²) in [4.78, 5) is 6.99. The van der Waals surface area contributed by atoms with Crippen LogP contribution in [0.5, 0.6) is 0 Å². The van der Waals surface area contributed by atoms with Gasteiger partial charge in [0, 0.05) is 43.4 Å². The highest BCUT2D eigenvalue weighted by Gasteiger charge is 2.14. The number of benzene rings is 1. The van der Waals surface area contributed by atoms with E-state index in [4.69, 9.17) is 0 Å². The van der Waals surface area contributed by atoms with Crippen LogP contribution < -0.4 is 10.2 Å². The first-order valence-corrected chi connectivity index (χ1v) is 6.57. The van der Waals surface area contributed by atoms with Gasteiger partial charge in [0.1, 0.15) is 0 Å². The number of anilines is 1. The topological polar surface area (TPSA) is 28.2 Å². The maximum absolute atomic E-state index is 4.54. The minimum atomic E-state index is 1.06. The largest absolute Gasteiger partial charge is 0.368 e. The lowest BCUT2D eigenvalue weighted by Gasteiger charge is -2.30. The molecule has 18 heavy (non-hydrogen) atoms. The van der Waals surface area contributed by atoms with Crippen LogP contribution in [0.25, 0.3) is 10.9 Å². The van der Waals surface area contributed by atoms with Crippen LogP contribution in [-0.4, -0.2) is 31.2 Å². The average molecular weight is 241 g/mol. The summed E-state index contributed by atoms with van der Waals surface area (Å²) >= 11 is 0. The first-order chi connectivity index (χ1) is 8.75. The van der Waals surface area contributed by atoms with Gasteiger partial charge in [-0.1, -0.05) is 11.6 Å². The first-order valence-electron chi connectivity index (χ1n) is 6.57. The van der Waals surface area contributed by atoms with Gasteiger partial charge in [-0.3, -0.25) is 4.98 Å². The first kappa shape index (κ1) is 11.5. The van der Waals surface area contributed by atoms with Gasteiger partial charge in [-0.25, -0.2) is 0 Å². The number of aryl methyl sites for hydroxylation is 2. The van der Waals surface area contributed by atoms with Crippen LogP contribution in [0.15, 0.2) is 24.4 Å². The Morgan fingerprint density at radius 2 is 1.94 bits per heavy atom. The summed E-state index contributed by atoms with van der Waals surface area (Å²) in [5.74, 6) is 0. The summed E-state index contributed by atoms with van der Waals surface area (Å²) < 4.78 is 0. The number of rotatable bonds is 1. The standard InChI is InChI=1S/C15H19N3/c1-11-9-12(2)15-13(10-11)14(3-4-17-15)18-7-5-16-6-8-18/h3-4,9-10,16H,5-8H2,1-2H3. The zero-order chi connectivity index (χ0) is 12.5. The van der Waals surface area contributed by atoms with Gasteiger partial charge in [0.2, 0.25) is 0 Å². The van der Waals surface area contributed by atoms with Crippen molar-refractivity contribution in [3.05, 3.63) is 35.5 Å². The second kappa shape index (κ2) is 4.58. The Morgan fingerprint density at radius 1 is 1.17 bits per heavy atom. The summed E-state index contributed by atoms with van der Waals surface area (Å²) in [5, 5.41) is 4.69. The Bertz CT molecular complexity index is 571. The van der Waals surface area contributed by atoms with Crippen molar-refractivity contribution in [3.63, 3.8) is 0 Å². The Labute approximate surface area is 108 Å². The third kappa shape index (κ3) is 1.95. The third-order valence-electron chi connectivity index (χ3n) is 3.61. The molecule has 0 atom stereocenters. The van der Waals surface area contributed by atoms with Gasteiger partial charge < -0.3 is 10.2 Å². The summed E-state index contributed by atoms with van der Waals surface area (Å²) in [7, 11) is 0. The van der Waals surface area contributed by atoms with Crippen LogP contribution in [0, 0.1) is 13.8 Å². The highest BCUT2D eigenvalue weighted by atomic mass is 15.2. The minimum absolute atomic E-state index is 1.06. The van der Waals surface area contributed by atoms with Gasteiger partial charge in [-0.2, -0.15) is 0 Å². The number of nitrogens with one attached hydrogen (secondary N) is 1. The molecule has 0 bridgehead atoms. The molecule has 1 saturated heterocycles. The van der Waals surface area contributed by atoms with Crippen molar-refractivity contribution in [2.45, 2.75) is 13.8 Å². The maximum atomic E-state index is 4.54. The smallest absolute Gasteiger partial charge is 0.0752 e. The number of hydrogen-bond donors (Lipinski definition) is 1. The van der Waals surface area contributed by atoms with Crippen LogP contribution in [0.1, 0.15) is 11.1 Å². The molecule has 1 aromatic heterocycles. The fraction of sp³-hybridized carbons (Fsp3) is 0.400. The number of nitrogens with zero attached hydrogens (tertiary/aromatic N) is 2. The lowest BCUT2D eigenvalue weighted by molar-refractivity contribution is 0.590. The SMILES string of the molecule is Cc1cc(C)c2nccc(N3CCNCC3)c2c1. The van der Waals surface area contributed by atoms with E-state index in [1.165, 1.54) is 22.2 Å². The zero-order valence-electron chi connectivity index (χ0n) is 11.0. The molecule has 94 valence electrons. The lowest BCUT2D eigenvalue weighted by atomic mass is 10.0. The lowest BCUT2D eigenvalue weighted by Crippen LogP contribution is -2.43. The predicted molar refractivity (Wildman–Crippen MR) is 76.3 cm³/mol. The average Bonchev–Trinajstić information content (AvgIpc) is 2.39. The van der Waals surface area contributed by atoms with Gasteiger partial charge in [0.15, 0.2) is 0 Å². The normalized spacial score (nSPS) is 16.2. The Kier molecular flexibility index (Phi) is 2.92. The second-order valence-corrected chi connectivity index (χ2v) is 5.05. The van der Waals surface area contributed by atoms with E-state index in [1.807, 2.05) is 6.20 Å². The van der Waals surface area contributed by atoms with Gasteiger partial charge in [-0.05, 0) is 31.5 Å². The molecule has 0 unspecified atom stereocenters. The molecular weight excluding hydrogens is 222 g/mol. The van der Waals surface area contributed by atoms with Crippen molar-refractivity contribution < 1.29 is 0 Å². The highest BCUT2D eigenvalue weighted by Crippen LogP contribution is 2.28. The highest BCUT2D eigenvalue weighted by molar-refractivity contribution is 5.94. The van der Waals surface area contributed by atoms with E-state index >= 15 is 0 Å². The second-order valence-electron chi connectivity index (χ2n) is 5.05. The van der Waals surface area contributed by atoms with Crippen molar-refractivity contribution in [3.8, 4) is 0 Å². The van der Waals surface area contributed by atoms with Gasteiger partial charge >= 0.3 is 0 Å². The monoisotopic (exact) mass is 241 g/mol. The molecule has 0 amide bonds. The van der Waals surface area contributed by atoms with E-state index in [1.54, 1.807) is 0 Å². The third-order valence-corrected chi connectivity index (χ3v) is 3.61. The molecule has 2 aromatic rings. The number of aromatic nitrogens is 1. The Balaban J connectivity index is 2.16. The summed E-state index contributed by atoms with van der Waals surface area (Å²) in [6.45, 7) is 8.58.